The first-order chi connectivity index (χ1) is 8.59. The molecule has 1 aromatic rings. The molecule has 1 amide bonds. The normalized spacial score (nSPS) is 13.4. The largest absolute Gasteiger partial charge is 0.460 e. The number of carbonyl (C=O) groups is 2. The fourth-order valence-corrected chi connectivity index (χ4v) is 1.87. The summed E-state index contributed by atoms with van der Waals surface area (Å²) >= 11 is 0. The monoisotopic (exact) mass is 245 g/mol. The van der Waals surface area contributed by atoms with Gasteiger partial charge in [-0.2, -0.15) is 0 Å². The lowest BCUT2D eigenvalue weighted by atomic mass is 10.1. The van der Waals surface area contributed by atoms with E-state index in [0.29, 0.717) is 18.7 Å². The Morgan fingerprint density at radius 3 is 2.83 bits per heavy atom. The van der Waals surface area contributed by atoms with Crippen molar-refractivity contribution in [3.63, 3.8) is 0 Å². The maximum Gasteiger partial charge on any atom is 0.333 e. The summed E-state index contributed by atoms with van der Waals surface area (Å²) in [6.07, 6.45) is 0. The molecular weight excluding hydrogens is 230 g/mol. The second-order valence-electron chi connectivity index (χ2n) is 4.30. The van der Waals surface area contributed by atoms with Crippen LogP contribution in [0.25, 0.3) is 0 Å². The van der Waals surface area contributed by atoms with E-state index in [4.69, 9.17) is 4.74 Å². The zero-order valence-corrected chi connectivity index (χ0v) is 10.3. The number of amides is 1. The van der Waals surface area contributed by atoms with E-state index >= 15 is 0 Å². The summed E-state index contributed by atoms with van der Waals surface area (Å²) < 4.78 is 4.98. The average molecular weight is 245 g/mol. The van der Waals surface area contributed by atoms with E-state index in [-0.39, 0.29) is 12.5 Å². The highest BCUT2D eigenvalue weighted by molar-refractivity contribution is 5.98. The molecule has 0 saturated heterocycles. The van der Waals surface area contributed by atoms with Gasteiger partial charge in [0.2, 0.25) is 0 Å². The Morgan fingerprint density at radius 2 is 2.17 bits per heavy atom. The van der Waals surface area contributed by atoms with Gasteiger partial charge in [0.15, 0.2) is 0 Å². The van der Waals surface area contributed by atoms with E-state index in [1.807, 2.05) is 24.3 Å². The molecule has 1 aromatic carbocycles. The fourth-order valence-electron chi connectivity index (χ4n) is 1.87. The van der Waals surface area contributed by atoms with Gasteiger partial charge in [0.1, 0.15) is 6.61 Å². The maximum atomic E-state index is 12.0. The summed E-state index contributed by atoms with van der Waals surface area (Å²) in [5, 5.41) is 0. The molecule has 0 atom stereocenters. The number of hydrogen-bond donors (Lipinski definition) is 0. The van der Waals surface area contributed by atoms with Gasteiger partial charge < -0.3 is 9.64 Å². The molecule has 2 rings (SSSR count). The Bertz CT molecular complexity index is 508. The SMILES string of the molecule is C=C(C)C(=O)OCCN1Cc2ccccc2C1=O. The number of rotatable bonds is 4. The third kappa shape index (κ3) is 2.42. The summed E-state index contributed by atoms with van der Waals surface area (Å²) in [6, 6.07) is 7.52. The van der Waals surface area contributed by atoms with Crippen molar-refractivity contribution in [2.45, 2.75) is 13.5 Å². The summed E-state index contributed by atoms with van der Waals surface area (Å²) in [5.41, 5.74) is 2.13. The zero-order valence-electron chi connectivity index (χ0n) is 10.3. The van der Waals surface area contributed by atoms with Gasteiger partial charge in [-0.25, -0.2) is 4.79 Å². The van der Waals surface area contributed by atoms with E-state index in [1.165, 1.54) is 0 Å². The molecule has 0 fully saturated rings. The van der Waals surface area contributed by atoms with Gasteiger partial charge in [0.25, 0.3) is 5.91 Å². The lowest BCUT2D eigenvalue weighted by Crippen LogP contribution is -2.28. The molecular formula is C14H15NO3. The second-order valence-corrected chi connectivity index (χ2v) is 4.30. The minimum Gasteiger partial charge on any atom is -0.460 e. The highest BCUT2D eigenvalue weighted by Crippen LogP contribution is 2.21. The number of fused-ring (bicyclic) bond motifs is 1. The van der Waals surface area contributed by atoms with E-state index in [0.717, 1.165) is 11.1 Å². The Balaban J connectivity index is 1.89. The molecule has 0 radical (unpaired) electrons. The van der Waals surface area contributed by atoms with Crippen molar-refractivity contribution in [3.8, 4) is 0 Å². The number of hydrogen-bond acceptors (Lipinski definition) is 3. The van der Waals surface area contributed by atoms with E-state index in [2.05, 4.69) is 6.58 Å². The van der Waals surface area contributed by atoms with Crippen LogP contribution < -0.4 is 0 Å². The molecule has 0 N–H and O–H groups in total. The van der Waals surface area contributed by atoms with Crippen LogP contribution in [0, 0.1) is 0 Å². The van der Waals surface area contributed by atoms with Gasteiger partial charge in [0.05, 0.1) is 6.54 Å². The first kappa shape index (κ1) is 12.4. The fraction of sp³-hybridized carbons (Fsp3) is 0.286. The third-order valence-electron chi connectivity index (χ3n) is 2.84. The number of carbonyl (C=O) groups excluding carboxylic acids is 2. The molecule has 4 nitrogen and oxygen atoms in total. The molecule has 0 aromatic heterocycles. The van der Waals surface area contributed by atoms with Crippen LogP contribution >= 0.6 is 0 Å². The highest BCUT2D eigenvalue weighted by Gasteiger charge is 2.26. The topological polar surface area (TPSA) is 46.6 Å². The lowest BCUT2D eigenvalue weighted by Gasteiger charge is -2.15. The lowest BCUT2D eigenvalue weighted by molar-refractivity contribution is -0.139. The van der Waals surface area contributed by atoms with Crippen LogP contribution in [0.4, 0.5) is 0 Å². The first-order valence-electron chi connectivity index (χ1n) is 5.79. The predicted molar refractivity (Wildman–Crippen MR) is 67.0 cm³/mol. The molecule has 18 heavy (non-hydrogen) atoms. The van der Waals surface area contributed by atoms with Gasteiger partial charge in [-0.15, -0.1) is 0 Å². The van der Waals surface area contributed by atoms with Gasteiger partial charge in [0, 0.05) is 17.7 Å². The van der Waals surface area contributed by atoms with Crippen LogP contribution in [0.15, 0.2) is 36.4 Å². The Hall–Kier alpha value is -2.10. The zero-order chi connectivity index (χ0) is 13.1. The molecule has 0 unspecified atom stereocenters. The summed E-state index contributed by atoms with van der Waals surface area (Å²) in [5.74, 6) is -0.420. The molecule has 94 valence electrons. The number of benzene rings is 1. The van der Waals surface area contributed by atoms with Crippen LogP contribution in [0.2, 0.25) is 0 Å². The van der Waals surface area contributed by atoms with E-state index in [1.54, 1.807) is 11.8 Å². The second kappa shape index (κ2) is 5.04. The van der Waals surface area contributed by atoms with Crippen molar-refractivity contribution in [1.82, 2.24) is 4.90 Å². The molecule has 1 aliphatic rings. The van der Waals surface area contributed by atoms with Crippen molar-refractivity contribution in [2.24, 2.45) is 0 Å². The quantitative estimate of drug-likeness (QED) is 0.600. The Kier molecular flexibility index (Phi) is 3.46. The smallest absolute Gasteiger partial charge is 0.333 e. The molecule has 1 aliphatic heterocycles. The number of ether oxygens (including phenoxy) is 1. The molecule has 0 bridgehead atoms. The van der Waals surface area contributed by atoms with Crippen LogP contribution in [-0.2, 0) is 16.1 Å². The van der Waals surface area contributed by atoms with Crippen LogP contribution in [0.5, 0.6) is 0 Å². The molecule has 4 heteroatoms. The molecule has 1 heterocycles. The average Bonchev–Trinajstić information content (AvgIpc) is 2.67. The van der Waals surface area contributed by atoms with Crippen LogP contribution in [0.3, 0.4) is 0 Å². The Labute approximate surface area is 106 Å². The van der Waals surface area contributed by atoms with Crippen molar-refractivity contribution < 1.29 is 14.3 Å². The van der Waals surface area contributed by atoms with Gasteiger partial charge >= 0.3 is 5.97 Å². The van der Waals surface area contributed by atoms with Crippen molar-refractivity contribution in [1.29, 1.82) is 0 Å². The molecule has 0 saturated carbocycles. The molecule has 0 aliphatic carbocycles. The minimum absolute atomic E-state index is 0.00280. The van der Waals surface area contributed by atoms with Crippen molar-refractivity contribution >= 4 is 11.9 Å². The third-order valence-corrected chi connectivity index (χ3v) is 2.84. The van der Waals surface area contributed by atoms with Gasteiger partial charge in [-0.05, 0) is 18.6 Å². The summed E-state index contributed by atoms with van der Waals surface area (Å²) in [4.78, 5) is 24.8. The van der Waals surface area contributed by atoms with Crippen LogP contribution in [0.1, 0.15) is 22.8 Å². The van der Waals surface area contributed by atoms with Gasteiger partial charge in [-0.1, -0.05) is 24.8 Å². The number of nitrogens with zero attached hydrogens (tertiary/aromatic N) is 1. The maximum absolute atomic E-state index is 12.0. The summed E-state index contributed by atoms with van der Waals surface area (Å²) in [7, 11) is 0. The highest BCUT2D eigenvalue weighted by atomic mass is 16.5. The van der Waals surface area contributed by atoms with Crippen molar-refractivity contribution in [3.05, 3.63) is 47.5 Å². The van der Waals surface area contributed by atoms with Crippen LogP contribution in [-0.4, -0.2) is 29.9 Å². The minimum atomic E-state index is -0.417. The predicted octanol–water partition coefficient (Wildman–Crippen LogP) is 1.76. The van der Waals surface area contributed by atoms with Gasteiger partial charge in [-0.3, -0.25) is 4.79 Å². The first-order valence-corrected chi connectivity index (χ1v) is 5.79. The van der Waals surface area contributed by atoms with Crippen molar-refractivity contribution in [2.75, 3.05) is 13.2 Å². The Morgan fingerprint density at radius 1 is 1.44 bits per heavy atom. The standard InChI is InChI=1S/C14H15NO3/c1-10(2)14(17)18-8-7-15-9-11-5-3-4-6-12(11)13(15)16/h3-6H,1,7-9H2,2H3. The van der Waals surface area contributed by atoms with E-state index in [9.17, 15) is 9.59 Å². The molecule has 0 spiro atoms. The van der Waals surface area contributed by atoms with E-state index < -0.39 is 5.97 Å². The number of esters is 1. The summed E-state index contributed by atoms with van der Waals surface area (Å²) in [6.45, 7) is 6.29.